The van der Waals surface area contributed by atoms with Gasteiger partial charge in [0.25, 0.3) is 0 Å². The molecule has 2 aromatic heterocycles. The van der Waals surface area contributed by atoms with E-state index in [0.29, 0.717) is 46.1 Å². The first-order valence-electron chi connectivity index (χ1n) is 10.0. The second-order valence-corrected chi connectivity index (χ2v) is 7.00. The number of rotatable bonds is 16. The van der Waals surface area contributed by atoms with Crippen LogP contribution in [0.4, 0.5) is 0 Å². The van der Waals surface area contributed by atoms with E-state index in [0.717, 1.165) is 35.9 Å². The number of aliphatic hydroxyl groups is 1. The lowest BCUT2D eigenvalue weighted by atomic mass is 10.3. The molecule has 0 aliphatic carbocycles. The number of ether oxygens (including phenoxy) is 4. The van der Waals surface area contributed by atoms with Gasteiger partial charge in [0.1, 0.15) is 0 Å². The highest BCUT2D eigenvalue weighted by Gasteiger charge is 2.13. The van der Waals surface area contributed by atoms with Crippen molar-refractivity contribution in [2.24, 2.45) is 0 Å². The van der Waals surface area contributed by atoms with Gasteiger partial charge in [0.15, 0.2) is 0 Å². The third-order valence-electron chi connectivity index (χ3n) is 4.67. The van der Waals surface area contributed by atoms with E-state index in [1.54, 1.807) is 28.4 Å². The van der Waals surface area contributed by atoms with Crippen LogP contribution >= 0.6 is 0 Å². The minimum Gasteiger partial charge on any atom is -0.395 e. The zero-order valence-electron chi connectivity index (χ0n) is 18.5. The van der Waals surface area contributed by atoms with Crippen molar-refractivity contribution in [1.82, 2.24) is 24.5 Å². The highest BCUT2D eigenvalue weighted by Crippen LogP contribution is 2.10. The lowest BCUT2D eigenvalue weighted by Crippen LogP contribution is -2.34. The maximum absolute atomic E-state index is 9.50. The summed E-state index contributed by atoms with van der Waals surface area (Å²) in [6, 6.07) is 4.00. The third-order valence-corrected chi connectivity index (χ3v) is 4.67. The molecule has 0 aliphatic rings. The van der Waals surface area contributed by atoms with Crippen molar-refractivity contribution < 1.29 is 24.1 Å². The van der Waals surface area contributed by atoms with Gasteiger partial charge >= 0.3 is 0 Å². The Morgan fingerprint density at radius 3 is 1.53 bits per heavy atom. The number of hydrogen-bond donors (Lipinski definition) is 1. The van der Waals surface area contributed by atoms with E-state index in [1.165, 1.54) is 0 Å². The first kappa shape index (κ1) is 24.4. The first-order chi connectivity index (χ1) is 14.6. The molecule has 0 atom stereocenters. The molecule has 0 amide bonds. The van der Waals surface area contributed by atoms with Crippen LogP contribution in [0.3, 0.4) is 0 Å². The Balaban J connectivity index is 2.00. The lowest BCUT2D eigenvalue weighted by Gasteiger charge is -2.22. The van der Waals surface area contributed by atoms with Crippen LogP contribution in [0.15, 0.2) is 12.1 Å². The van der Waals surface area contributed by atoms with Crippen LogP contribution < -0.4 is 0 Å². The van der Waals surface area contributed by atoms with Crippen molar-refractivity contribution in [2.45, 2.75) is 39.5 Å². The van der Waals surface area contributed by atoms with Gasteiger partial charge in [-0.1, -0.05) is 0 Å². The molecular weight excluding hydrogens is 390 g/mol. The van der Waals surface area contributed by atoms with Gasteiger partial charge in [0.2, 0.25) is 0 Å². The predicted molar refractivity (Wildman–Crippen MR) is 111 cm³/mol. The number of aliphatic hydroxyl groups excluding tert-OH is 1. The Labute approximate surface area is 178 Å². The Hall–Kier alpha value is -1.82. The van der Waals surface area contributed by atoms with E-state index in [-0.39, 0.29) is 6.61 Å². The van der Waals surface area contributed by atoms with Crippen molar-refractivity contribution in [3.05, 3.63) is 34.9 Å². The molecule has 0 bridgehead atoms. The molecule has 2 heterocycles. The molecule has 0 saturated carbocycles. The van der Waals surface area contributed by atoms with Gasteiger partial charge in [-0.15, -0.1) is 0 Å². The zero-order chi connectivity index (χ0) is 21.8. The molecule has 10 heteroatoms. The smallest absolute Gasteiger partial charge is 0.0902 e. The number of nitrogens with zero attached hydrogens (tertiary/aromatic N) is 5. The van der Waals surface area contributed by atoms with E-state index >= 15 is 0 Å². The van der Waals surface area contributed by atoms with Gasteiger partial charge in [0.05, 0.1) is 68.9 Å². The summed E-state index contributed by atoms with van der Waals surface area (Å²) in [4.78, 5) is 2.20. The molecule has 30 heavy (non-hydrogen) atoms. The van der Waals surface area contributed by atoms with Crippen LogP contribution in [0.2, 0.25) is 0 Å². The Morgan fingerprint density at radius 1 is 0.733 bits per heavy atom. The molecule has 0 saturated heterocycles. The van der Waals surface area contributed by atoms with Crippen molar-refractivity contribution in [3.8, 4) is 0 Å². The van der Waals surface area contributed by atoms with Gasteiger partial charge in [-0.05, 0) is 12.1 Å². The Morgan fingerprint density at radius 2 is 1.17 bits per heavy atom. The Kier molecular flexibility index (Phi) is 11.0. The molecule has 0 aliphatic heterocycles. The number of aromatic nitrogens is 4. The fraction of sp³-hybridized carbons (Fsp3) is 0.700. The summed E-state index contributed by atoms with van der Waals surface area (Å²) in [6.07, 6.45) is 0. The van der Waals surface area contributed by atoms with Crippen molar-refractivity contribution in [3.63, 3.8) is 0 Å². The minimum absolute atomic E-state index is 0.0952. The predicted octanol–water partition coefficient (Wildman–Crippen LogP) is 0.660. The summed E-state index contributed by atoms with van der Waals surface area (Å²) in [7, 11) is 6.65. The fourth-order valence-corrected chi connectivity index (χ4v) is 3.33. The standard InChI is InChI=1S/C20H35N5O5/c1-27-13-17-11-19(15-29-3)24(21-17)7-5-23(9-10-26)6-8-25-20(16-30-4)12-18(22-25)14-28-2/h11-12,26H,5-10,13-16H2,1-4H3. The molecule has 2 rings (SSSR count). The SMILES string of the molecule is COCc1cc(COC)n(CCN(CCO)CCn2nc(COC)cc2COC)n1. The molecule has 0 aromatic carbocycles. The van der Waals surface area contributed by atoms with E-state index in [9.17, 15) is 5.11 Å². The van der Waals surface area contributed by atoms with Crippen LogP contribution in [0.25, 0.3) is 0 Å². The average Bonchev–Trinajstić information content (AvgIpc) is 3.29. The molecule has 170 valence electrons. The highest BCUT2D eigenvalue weighted by molar-refractivity contribution is 5.10. The lowest BCUT2D eigenvalue weighted by molar-refractivity contribution is 0.161. The second-order valence-electron chi connectivity index (χ2n) is 7.00. The number of methoxy groups -OCH3 is 4. The van der Waals surface area contributed by atoms with E-state index in [1.807, 2.05) is 21.5 Å². The average molecular weight is 426 g/mol. The van der Waals surface area contributed by atoms with Crippen LogP contribution in [-0.2, 0) is 58.5 Å². The van der Waals surface area contributed by atoms with Crippen LogP contribution in [0, 0.1) is 0 Å². The van der Waals surface area contributed by atoms with Gasteiger partial charge in [0, 0.05) is 48.1 Å². The van der Waals surface area contributed by atoms with Crippen LogP contribution in [0.1, 0.15) is 22.8 Å². The quantitative estimate of drug-likeness (QED) is 0.419. The largest absolute Gasteiger partial charge is 0.395 e. The van der Waals surface area contributed by atoms with Gasteiger partial charge in [-0.3, -0.25) is 14.3 Å². The molecular formula is C20H35N5O5. The minimum atomic E-state index is 0.0952. The molecule has 0 unspecified atom stereocenters. The monoisotopic (exact) mass is 425 g/mol. The summed E-state index contributed by atoms with van der Waals surface area (Å²) in [5.41, 5.74) is 3.77. The highest BCUT2D eigenvalue weighted by atomic mass is 16.5. The summed E-state index contributed by atoms with van der Waals surface area (Å²) < 4.78 is 24.8. The van der Waals surface area contributed by atoms with Crippen molar-refractivity contribution in [1.29, 1.82) is 0 Å². The number of hydrogen-bond acceptors (Lipinski definition) is 8. The molecule has 0 fully saturated rings. The molecule has 10 nitrogen and oxygen atoms in total. The zero-order valence-corrected chi connectivity index (χ0v) is 18.5. The normalized spacial score (nSPS) is 11.7. The molecule has 0 spiro atoms. The fourth-order valence-electron chi connectivity index (χ4n) is 3.33. The van der Waals surface area contributed by atoms with Crippen molar-refractivity contribution >= 4 is 0 Å². The topological polar surface area (TPSA) is 96.0 Å². The van der Waals surface area contributed by atoms with Crippen LogP contribution in [0.5, 0.6) is 0 Å². The molecule has 2 aromatic rings. The summed E-state index contributed by atoms with van der Waals surface area (Å²) in [6.45, 7) is 5.48. The Bertz CT molecular complexity index is 675. The van der Waals surface area contributed by atoms with Gasteiger partial charge < -0.3 is 24.1 Å². The van der Waals surface area contributed by atoms with Gasteiger partial charge in [-0.25, -0.2) is 0 Å². The third kappa shape index (κ3) is 7.46. The maximum Gasteiger partial charge on any atom is 0.0902 e. The van der Waals surface area contributed by atoms with Gasteiger partial charge in [-0.2, -0.15) is 10.2 Å². The summed E-state index contributed by atoms with van der Waals surface area (Å²) in [5, 5.41) is 18.7. The first-order valence-corrected chi connectivity index (χ1v) is 10.0. The molecule has 1 N–H and O–H groups in total. The molecule has 0 radical (unpaired) electrons. The summed E-state index contributed by atoms with van der Waals surface area (Å²) >= 11 is 0. The van der Waals surface area contributed by atoms with Crippen LogP contribution in [-0.4, -0.2) is 84.2 Å². The van der Waals surface area contributed by atoms with E-state index < -0.39 is 0 Å². The van der Waals surface area contributed by atoms with E-state index in [2.05, 4.69) is 15.1 Å². The second kappa shape index (κ2) is 13.5. The van der Waals surface area contributed by atoms with Crippen molar-refractivity contribution in [2.75, 3.05) is 54.7 Å². The maximum atomic E-state index is 9.50. The van der Waals surface area contributed by atoms with E-state index in [4.69, 9.17) is 18.9 Å². The summed E-state index contributed by atoms with van der Waals surface area (Å²) in [5.74, 6) is 0.